The number of carbonyl (C=O) groups is 1. The molecule has 2 N–H and O–H groups in total. The molecule has 0 unspecified atom stereocenters. The summed E-state index contributed by atoms with van der Waals surface area (Å²) in [5.74, 6) is -0.342. The van der Waals surface area contributed by atoms with Crippen LogP contribution in [0.5, 0.6) is 0 Å². The average molecular weight is 227 g/mol. The number of carbonyl (C=O) groups excluding carboxylic acids is 1. The van der Waals surface area contributed by atoms with E-state index < -0.39 is 11.6 Å². The molecule has 0 heterocycles. The molecule has 0 bridgehead atoms. The lowest BCUT2D eigenvalue weighted by Crippen LogP contribution is -2.37. The summed E-state index contributed by atoms with van der Waals surface area (Å²) >= 11 is 0. The summed E-state index contributed by atoms with van der Waals surface area (Å²) in [6, 6.07) is -0.571. The number of ether oxygens (including phenoxy) is 1. The number of rotatable bonds is 3. The van der Waals surface area contributed by atoms with Crippen LogP contribution in [-0.2, 0) is 9.53 Å². The zero-order valence-electron chi connectivity index (χ0n) is 11.3. The van der Waals surface area contributed by atoms with Crippen molar-refractivity contribution in [2.45, 2.75) is 59.6 Å². The minimum atomic E-state index is -0.571. The van der Waals surface area contributed by atoms with Gasteiger partial charge in [0.25, 0.3) is 0 Å². The van der Waals surface area contributed by atoms with Crippen LogP contribution in [0.1, 0.15) is 48.0 Å². The molecule has 0 aromatic rings. The summed E-state index contributed by atoms with van der Waals surface area (Å²) in [5.41, 5.74) is 5.38. The van der Waals surface area contributed by atoms with E-state index in [4.69, 9.17) is 10.5 Å². The third-order valence-electron chi connectivity index (χ3n) is 1.72. The van der Waals surface area contributed by atoms with Gasteiger partial charge < -0.3 is 10.5 Å². The van der Waals surface area contributed by atoms with Crippen LogP contribution in [0.25, 0.3) is 0 Å². The van der Waals surface area contributed by atoms with Crippen LogP contribution in [0.3, 0.4) is 0 Å². The third kappa shape index (κ3) is 8.48. The molecule has 3 heteroatoms. The van der Waals surface area contributed by atoms with Gasteiger partial charge in [-0.25, -0.2) is 0 Å². The van der Waals surface area contributed by atoms with Gasteiger partial charge in [-0.15, -0.1) is 0 Å². The van der Waals surface area contributed by atoms with E-state index in [-0.39, 0.29) is 11.4 Å². The van der Waals surface area contributed by atoms with Gasteiger partial charge in [0, 0.05) is 0 Å². The van der Waals surface area contributed by atoms with Gasteiger partial charge in [0.1, 0.15) is 11.6 Å². The molecule has 0 aliphatic rings. The first kappa shape index (κ1) is 15.2. The molecule has 0 radical (unpaired) electrons. The van der Waals surface area contributed by atoms with Crippen molar-refractivity contribution in [3.63, 3.8) is 0 Å². The van der Waals surface area contributed by atoms with E-state index in [1.54, 1.807) is 0 Å². The van der Waals surface area contributed by atoms with Crippen LogP contribution >= 0.6 is 0 Å². The second-order valence-corrected chi connectivity index (χ2v) is 6.14. The van der Waals surface area contributed by atoms with E-state index in [1.165, 1.54) is 0 Å². The van der Waals surface area contributed by atoms with Gasteiger partial charge in [0.15, 0.2) is 0 Å². The number of allylic oxidation sites excluding steroid dienone is 1. The lowest BCUT2D eigenvalue weighted by atomic mass is 9.95. The Morgan fingerprint density at radius 2 is 1.75 bits per heavy atom. The molecule has 0 amide bonds. The highest BCUT2D eigenvalue weighted by Gasteiger charge is 2.21. The topological polar surface area (TPSA) is 52.3 Å². The van der Waals surface area contributed by atoms with Gasteiger partial charge in [-0.3, -0.25) is 4.79 Å². The third-order valence-corrected chi connectivity index (χ3v) is 1.72. The summed E-state index contributed by atoms with van der Waals surface area (Å²) in [5, 5.41) is 0. The molecule has 0 aromatic carbocycles. The van der Waals surface area contributed by atoms with Crippen LogP contribution < -0.4 is 5.73 Å². The second-order valence-electron chi connectivity index (χ2n) is 6.14. The Labute approximate surface area is 99.0 Å². The molecular weight excluding hydrogens is 202 g/mol. The largest absolute Gasteiger partial charge is 0.459 e. The van der Waals surface area contributed by atoms with Gasteiger partial charge >= 0.3 is 5.97 Å². The van der Waals surface area contributed by atoms with Crippen LogP contribution in [-0.4, -0.2) is 17.6 Å². The van der Waals surface area contributed by atoms with E-state index in [2.05, 4.69) is 26.8 Å². The molecule has 1 atom stereocenters. The Bertz CT molecular complexity index is 256. The molecular formula is C13H25NO2. The maximum atomic E-state index is 11.5. The van der Waals surface area contributed by atoms with E-state index >= 15 is 0 Å². The Hall–Kier alpha value is -0.830. The molecule has 0 aliphatic heterocycles. The number of hydrogen-bond acceptors (Lipinski definition) is 3. The zero-order valence-corrected chi connectivity index (χ0v) is 11.3. The highest BCUT2D eigenvalue weighted by Crippen LogP contribution is 2.15. The SMILES string of the molecule is CC(C)(C)C=CC[C@H](N)C(=O)OC(C)(C)C. The maximum Gasteiger partial charge on any atom is 0.323 e. The molecule has 0 aromatic heterocycles. The van der Waals surface area contributed by atoms with E-state index in [0.29, 0.717) is 6.42 Å². The fourth-order valence-corrected chi connectivity index (χ4v) is 1.04. The van der Waals surface area contributed by atoms with E-state index in [0.717, 1.165) is 0 Å². The Morgan fingerprint density at radius 3 is 2.12 bits per heavy atom. The minimum Gasteiger partial charge on any atom is -0.459 e. The Balaban J connectivity index is 4.13. The van der Waals surface area contributed by atoms with Gasteiger partial charge in [0.05, 0.1) is 0 Å². The van der Waals surface area contributed by atoms with Crippen LogP contribution in [0.2, 0.25) is 0 Å². The number of hydrogen-bond donors (Lipinski definition) is 1. The zero-order chi connectivity index (χ0) is 13.0. The number of esters is 1. The van der Waals surface area contributed by atoms with Crippen LogP contribution in [0.15, 0.2) is 12.2 Å². The molecule has 0 rings (SSSR count). The van der Waals surface area contributed by atoms with Crippen molar-refractivity contribution in [2.24, 2.45) is 11.1 Å². The highest BCUT2D eigenvalue weighted by atomic mass is 16.6. The van der Waals surface area contributed by atoms with E-state index in [1.807, 2.05) is 26.8 Å². The highest BCUT2D eigenvalue weighted by molar-refractivity contribution is 5.76. The first-order valence-electron chi connectivity index (χ1n) is 5.67. The van der Waals surface area contributed by atoms with Crippen molar-refractivity contribution in [1.29, 1.82) is 0 Å². The van der Waals surface area contributed by atoms with Gasteiger partial charge in [-0.1, -0.05) is 32.9 Å². The van der Waals surface area contributed by atoms with Crippen molar-refractivity contribution in [3.8, 4) is 0 Å². The Morgan fingerprint density at radius 1 is 1.25 bits per heavy atom. The molecule has 94 valence electrons. The summed E-state index contributed by atoms with van der Waals surface area (Å²) in [7, 11) is 0. The molecule has 16 heavy (non-hydrogen) atoms. The molecule has 0 fully saturated rings. The molecule has 3 nitrogen and oxygen atoms in total. The molecule has 0 saturated carbocycles. The summed E-state index contributed by atoms with van der Waals surface area (Å²) in [6.45, 7) is 11.8. The summed E-state index contributed by atoms with van der Waals surface area (Å²) in [4.78, 5) is 11.5. The lowest BCUT2D eigenvalue weighted by molar-refractivity contribution is -0.156. The van der Waals surface area contributed by atoms with Gasteiger partial charge in [0.2, 0.25) is 0 Å². The molecule has 0 saturated heterocycles. The standard InChI is InChI=1S/C13H25NO2/c1-12(2,3)9-7-8-10(14)11(15)16-13(4,5)6/h7,9-10H,8,14H2,1-6H3/t10-/m0/s1. The predicted octanol–water partition coefficient (Wildman–Crippen LogP) is 2.65. The summed E-state index contributed by atoms with van der Waals surface area (Å²) < 4.78 is 5.18. The quantitative estimate of drug-likeness (QED) is 0.595. The summed E-state index contributed by atoms with van der Waals surface area (Å²) in [6.07, 6.45) is 4.51. The van der Waals surface area contributed by atoms with Crippen LogP contribution in [0, 0.1) is 5.41 Å². The van der Waals surface area contributed by atoms with Crippen molar-refractivity contribution < 1.29 is 9.53 Å². The van der Waals surface area contributed by atoms with Crippen LogP contribution in [0.4, 0.5) is 0 Å². The monoisotopic (exact) mass is 227 g/mol. The fraction of sp³-hybridized carbons (Fsp3) is 0.769. The lowest BCUT2D eigenvalue weighted by Gasteiger charge is -2.21. The average Bonchev–Trinajstić information content (AvgIpc) is 1.98. The van der Waals surface area contributed by atoms with Crippen molar-refractivity contribution in [1.82, 2.24) is 0 Å². The molecule has 0 aliphatic carbocycles. The van der Waals surface area contributed by atoms with E-state index in [9.17, 15) is 4.79 Å². The number of nitrogens with two attached hydrogens (primary N) is 1. The normalized spacial score (nSPS) is 15.2. The fourth-order valence-electron chi connectivity index (χ4n) is 1.04. The molecule has 0 spiro atoms. The smallest absolute Gasteiger partial charge is 0.323 e. The maximum absolute atomic E-state index is 11.5. The van der Waals surface area contributed by atoms with Gasteiger partial charge in [-0.05, 0) is 32.6 Å². The Kier molecular flexibility index (Phi) is 5.20. The minimum absolute atomic E-state index is 0.119. The first-order chi connectivity index (χ1) is 7.01. The predicted molar refractivity (Wildman–Crippen MR) is 67.0 cm³/mol. The van der Waals surface area contributed by atoms with Crippen molar-refractivity contribution in [2.75, 3.05) is 0 Å². The first-order valence-corrected chi connectivity index (χ1v) is 5.67. The second kappa shape index (κ2) is 5.48. The van der Waals surface area contributed by atoms with Crippen molar-refractivity contribution in [3.05, 3.63) is 12.2 Å². The van der Waals surface area contributed by atoms with Crippen molar-refractivity contribution >= 4 is 5.97 Å². The van der Waals surface area contributed by atoms with Gasteiger partial charge in [-0.2, -0.15) is 0 Å².